The molecule has 2 aromatic rings. The van der Waals surface area contributed by atoms with E-state index in [2.05, 4.69) is 20.5 Å². The van der Waals surface area contributed by atoms with Gasteiger partial charge in [-0.15, -0.1) is 5.10 Å². The van der Waals surface area contributed by atoms with E-state index < -0.39 is 22.3 Å². The van der Waals surface area contributed by atoms with E-state index in [0.717, 1.165) is 18.2 Å². The minimum Gasteiger partial charge on any atom is -0.289 e. The summed E-state index contributed by atoms with van der Waals surface area (Å²) in [6.45, 7) is 3.41. The fraction of sp³-hybridized carbons (Fsp3) is 0.167. The molecule has 0 aliphatic heterocycles. The van der Waals surface area contributed by atoms with E-state index in [1.807, 2.05) is 0 Å². The molecule has 0 fully saturated rings. The molecular formula is C12H10FN5O3. The van der Waals surface area contributed by atoms with Crippen molar-refractivity contribution in [2.45, 2.75) is 13.8 Å². The Morgan fingerprint density at radius 3 is 2.62 bits per heavy atom. The van der Waals surface area contributed by atoms with Crippen LogP contribution in [0.25, 0.3) is 0 Å². The minimum atomic E-state index is -1.01. The second-order valence-corrected chi connectivity index (χ2v) is 4.18. The molecule has 1 heterocycles. The Morgan fingerprint density at radius 2 is 2.00 bits per heavy atom. The zero-order chi connectivity index (χ0) is 15.6. The average Bonchev–Trinajstić information content (AvgIpc) is 2.43. The number of hydrogen-bond acceptors (Lipinski definition) is 6. The van der Waals surface area contributed by atoms with Gasteiger partial charge in [-0.05, 0) is 26.0 Å². The molecule has 0 radical (unpaired) electrons. The zero-order valence-corrected chi connectivity index (χ0v) is 11.1. The number of rotatable bonds is 3. The number of anilines is 1. The van der Waals surface area contributed by atoms with Gasteiger partial charge < -0.3 is 0 Å². The van der Waals surface area contributed by atoms with E-state index in [1.165, 1.54) is 0 Å². The van der Waals surface area contributed by atoms with Crippen LogP contribution in [0.3, 0.4) is 0 Å². The fourth-order valence-corrected chi connectivity index (χ4v) is 1.48. The first-order valence-corrected chi connectivity index (χ1v) is 5.81. The molecule has 1 amide bonds. The van der Waals surface area contributed by atoms with E-state index in [4.69, 9.17) is 0 Å². The first kappa shape index (κ1) is 14.4. The molecule has 1 aromatic heterocycles. The Morgan fingerprint density at radius 1 is 1.29 bits per heavy atom. The van der Waals surface area contributed by atoms with Crippen molar-refractivity contribution in [2.24, 2.45) is 0 Å². The lowest BCUT2D eigenvalue weighted by Crippen LogP contribution is -2.16. The van der Waals surface area contributed by atoms with Gasteiger partial charge in [-0.1, -0.05) is 0 Å². The van der Waals surface area contributed by atoms with E-state index in [9.17, 15) is 19.3 Å². The van der Waals surface area contributed by atoms with Crippen molar-refractivity contribution >= 4 is 17.5 Å². The number of benzene rings is 1. The van der Waals surface area contributed by atoms with Crippen LogP contribution in [0, 0.1) is 29.8 Å². The van der Waals surface area contributed by atoms with Crippen LogP contribution in [0.2, 0.25) is 0 Å². The maximum absolute atomic E-state index is 13.2. The van der Waals surface area contributed by atoms with Crippen LogP contribution < -0.4 is 5.32 Å². The normalized spacial score (nSPS) is 10.2. The Kier molecular flexibility index (Phi) is 3.83. The van der Waals surface area contributed by atoms with E-state index >= 15 is 0 Å². The van der Waals surface area contributed by atoms with Crippen molar-refractivity contribution in [3.63, 3.8) is 0 Å². The van der Waals surface area contributed by atoms with Gasteiger partial charge >= 0.3 is 5.69 Å². The minimum absolute atomic E-state index is 0.0323. The van der Waals surface area contributed by atoms with Crippen LogP contribution in [-0.4, -0.2) is 26.0 Å². The second-order valence-electron chi connectivity index (χ2n) is 4.18. The molecule has 2 rings (SSSR count). The molecule has 0 atom stereocenters. The predicted molar refractivity (Wildman–Crippen MR) is 70.3 cm³/mol. The molecule has 0 saturated carbocycles. The smallest absolute Gasteiger partial charge is 0.289 e. The number of hydrogen-bond donors (Lipinski definition) is 1. The summed E-state index contributed by atoms with van der Waals surface area (Å²) in [5.74, 6) is -1.74. The van der Waals surface area contributed by atoms with Crippen LogP contribution >= 0.6 is 0 Å². The average molecular weight is 291 g/mol. The van der Waals surface area contributed by atoms with Gasteiger partial charge in [-0.2, -0.15) is 9.49 Å². The molecule has 1 aromatic carbocycles. The third-order valence-corrected chi connectivity index (χ3v) is 2.72. The van der Waals surface area contributed by atoms with Crippen molar-refractivity contribution in [3.8, 4) is 0 Å². The Bertz CT molecular complexity index is 735. The topological polar surface area (TPSA) is 111 Å². The molecule has 0 aliphatic rings. The number of nitro groups is 1. The summed E-state index contributed by atoms with van der Waals surface area (Å²) in [5.41, 5.74) is 0.350. The summed E-state index contributed by atoms with van der Waals surface area (Å²) < 4.78 is 13.2. The molecule has 21 heavy (non-hydrogen) atoms. The predicted octanol–water partition coefficient (Wildman–Crippen LogP) is 1.79. The van der Waals surface area contributed by atoms with Crippen molar-refractivity contribution in [1.29, 1.82) is 0 Å². The van der Waals surface area contributed by atoms with Gasteiger partial charge in [0.2, 0.25) is 11.8 Å². The number of aryl methyl sites for hydroxylation is 2. The lowest BCUT2D eigenvalue weighted by molar-refractivity contribution is -0.387. The third kappa shape index (κ3) is 3.14. The molecule has 0 bridgehead atoms. The number of carbonyl (C=O) groups is 1. The molecule has 108 valence electrons. The Labute approximate surface area is 118 Å². The first-order valence-electron chi connectivity index (χ1n) is 5.81. The Balaban J connectivity index is 2.26. The van der Waals surface area contributed by atoms with Gasteiger partial charge in [0, 0.05) is 11.6 Å². The summed E-state index contributed by atoms with van der Waals surface area (Å²) >= 11 is 0. The van der Waals surface area contributed by atoms with Crippen molar-refractivity contribution in [3.05, 3.63) is 51.1 Å². The largest absolute Gasteiger partial charge is 0.305 e. The number of nitrogens with one attached hydrogen (secondary N) is 1. The highest BCUT2D eigenvalue weighted by Crippen LogP contribution is 2.19. The summed E-state index contributed by atoms with van der Waals surface area (Å²) in [7, 11) is 0. The van der Waals surface area contributed by atoms with Gasteiger partial charge in [-0.3, -0.25) is 20.2 Å². The number of nitro benzene ring substituents is 1. The highest BCUT2D eigenvalue weighted by atomic mass is 19.1. The van der Waals surface area contributed by atoms with Crippen LogP contribution in [0.5, 0.6) is 0 Å². The summed E-state index contributed by atoms with van der Waals surface area (Å²) in [6, 6.07) is 2.83. The molecule has 9 heteroatoms. The molecule has 0 unspecified atom stereocenters. The summed E-state index contributed by atoms with van der Waals surface area (Å²) in [4.78, 5) is 25.7. The maximum atomic E-state index is 13.2. The second kappa shape index (κ2) is 5.57. The molecule has 0 spiro atoms. The molecule has 1 N–H and O–H groups in total. The van der Waals surface area contributed by atoms with Crippen LogP contribution in [0.15, 0.2) is 18.2 Å². The van der Waals surface area contributed by atoms with Crippen LogP contribution in [-0.2, 0) is 0 Å². The third-order valence-electron chi connectivity index (χ3n) is 2.72. The highest BCUT2D eigenvalue weighted by Gasteiger charge is 2.18. The van der Waals surface area contributed by atoms with Gasteiger partial charge in [-0.25, -0.2) is 4.98 Å². The van der Waals surface area contributed by atoms with Gasteiger partial charge in [0.05, 0.1) is 16.3 Å². The Hall–Kier alpha value is -2.97. The number of halogens is 1. The standard InChI is InChI=1S/C12H10FN5O3/c1-6-7(2)16-17-12(14-6)15-11(19)8-3-4-9(13)10(5-8)18(20)21/h3-5H,1-2H3,(H,14,15,17,19). The molecular weight excluding hydrogens is 281 g/mol. The lowest BCUT2D eigenvalue weighted by atomic mass is 10.2. The molecule has 8 nitrogen and oxygen atoms in total. The number of aromatic nitrogens is 3. The molecule has 0 aliphatic carbocycles. The van der Waals surface area contributed by atoms with Crippen molar-refractivity contribution in [2.75, 3.05) is 5.32 Å². The fourth-order valence-electron chi connectivity index (χ4n) is 1.48. The molecule has 0 saturated heterocycles. The zero-order valence-electron chi connectivity index (χ0n) is 11.1. The summed E-state index contributed by atoms with van der Waals surface area (Å²) in [6.07, 6.45) is 0. The van der Waals surface area contributed by atoms with E-state index in [-0.39, 0.29) is 11.5 Å². The number of amides is 1. The van der Waals surface area contributed by atoms with E-state index in [0.29, 0.717) is 11.4 Å². The van der Waals surface area contributed by atoms with Gasteiger partial charge in [0.1, 0.15) is 0 Å². The highest BCUT2D eigenvalue weighted by molar-refractivity contribution is 6.03. The van der Waals surface area contributed by atoms with Gasteiger partial charge in [0.15, 0.2) is 0 Å². The van der Waals surface area contributed by atoms with Crippen molar-refractivity contribution < 1.29 is 14.1 Å². The monoisotopic (exact) mass is 291 g/mol. The quantitative estimate of drug-likeness (QED) is 0.681. The summed E-state index contributed by atoms with van der Waals surface area (Å²) in [5, 5.41) is 20.4. The maximum Gasteiger partial charge on any atom is 0.305 e. The van der Waals surface area contributed by atoms with Crippen LogP contribution in [0.4, 0.5) is 16.0 Å². The van der Waals surface area contributed by atoms with Gasteiger partial charge in [0.25, 0.3) is 5.91 Å². The van der Waals surface area contributed by atoms with Crippen molar-refractivity contribution in [1.82, 2.24) is 15.2 Å². The number of nitrogens with zero attached hydrogens (tertiary/aromatic N) is 4. The van der Waals surface area contributed by atoms with Crippen LogP contribution in [0.1, 0.15) is 21.7 Å². The SMILES string of the molecule is Cc1nnc(NC(=O)c2ccc(F)c([N+](=O)[O-])c2)nc1C. The van der Waals surface area contributed by atoms with E-state index in [1.54, 1.807) is 13.8 Å². The lowest BCUT2D eigenvalue weighted by Gasteiger charge is -2.05. The number of carbonyl (C=O) groups excluding carboxylic acids is 1. The first-order chi connectivity index (χ1) is 9.88.